The predicted octanol–water partition coefficient (Wildman–Crippen LogP) is 1.92. The van der Waals surface area contributed by atoms with E-state index < -0.39 is 11.8 Å². The van der Waals surface area contributed by atoms with Gasteiger partial charge in [-0.25, -0.2) is 14.2 Å². The molecule has 98 valence electrons. The molecule has 0 unspecified atom stereocenters. The minimum atomic E-state index is -1.22. The van der Waals surface area contributed by atoms with Gasteiger partial charge in [-0.3, -0.25) is 0 Å². The van der Waals surface area contributed by atoms with Gasteiger partial charge >= 0.3 is 5.97 Å². The van der Waals surface area contributed by atoms with Crippen molar-refractivity contribution in [3.05, 3.63) is 36.3 Å². The van der Waals surface area contributed by atoms with Gasteiger partial charge < -0.3 is 15.2 Å². The van der Waals surface area contributed by atoms with Crippen LogP contribution in [0, 0.1) is 5.82 Å². The van der Waals surface area contributed by atoms with Crippen molar-refractivity contribution in [3.63, 3.8) is 0 Å². The molecule has 1 aromatic rings. The van der Waals surface area contributed by atoms with E-state index in [2.05, 4.69) is 16.9 Å². The number of rotatable bonds is 8. The number of pyridine rings is 1. The van der Waals surface area contributed by atoms with Crippen LogP contribution < -0.4 is 5.32 Å². The van der Waals surface area contributed by atoms with Crippen molar-refractivity contribution >= 4 is 11.8 Å². The van der Waals surface area contributed by atoms with E-state index in [9.17, 15) is 9.18 Å². The van der Waals surface area contributed by atoms with Gasteiger partial charge in [0.05, 0.1) is 19.4 Å². The van der Waals surface area contributed by atoms with E-state index in [1.54, 1.807) is 6.08 Å². The summed E-state index contributed by atoms with van der Waals surface area (Å²) in [5, 5.41) is 11.7. The van der Waals surface area contributed by atoms with Gasteiger partial charge in [0, 0.05) is 6.54 Å². The van der Waals surface area contributed by atoms with Crippen molar-refractivity contribution in [2.75, 3.05) is 25.1 Å². The number of nitrogens with zero attached hydrogens (tertiary/aromatic N) is 1. The van der Waals surface area contributed by atoms with Crippen LogP contribution in [-0.2, 0) is 4.74 Å². The molecule has 0 fully saturated rings. The molecule has 2 N–H and O–H groups in total. The predicted molar refractivity (Wildman–Crippen MR) is 65.3 cm³/mol. The summed E-state index contributed by atoms with van der Waals surface area (Å²) in [6, 6.07) is 0.927. The SMILES string of the molecule is C=CCCOCCNc1ncc(F)cc1C(=O)O. The van der Waals surface area contributed by atoms with Gasteiger partial charge in [-0.05, 0) is 12.5 Å². The zero-order valence-corrected chi connectivity index (χ0v) is 9.86. The van der Waals surface area contributed by atoms with Crippen LogP contribution in [0.4, 0.5) is 10.2 Å². The maximum absolute atomic E-state index is 12.8. The van der Waals surface area contributed by atoms with Crippen LogP contribution in [-0.4, -0.2) is 35.8 Å². The Balaban J connectivity index is 2.46. The molecule has 1 rings (SSSR count). The maximum atomic E-state index is 12.8. The number of carboxylic acids is 1. The zero-order valence-electron chi connectivity index (χ0n) is 9.86. The highest BCUT2D eigenvalue weighted by Gasteiger charge is 2.12. The molecule has 0 aromatic carbocycles. The van der Waals surface area contributed by atoms with E-state index in [0.29, 0.717) is 19.8 Å². The number of halogens is 1. The molecule has 0 spiro atoms. The zero-order chi connectivity index (χ0) is 13.4. The molecule has 0 amide bonds. The summed E-state index contributed by atoms with van der Waals surface area (Å²) in [5.74, 6) is -1.77. The second-order valence-corrected chi connectivity index (χ2v) is 3.47. The number of carbonyl (C=O) groups is 1. The first-order valence-electron chi connectivity index (χ1n) is 5.46. The third-order valence-electron chi connectivity index (χ3n) is 2.09. The first kappa shape index (κ1) is 14.1. The Kier molecular flexibility index (Phi) is 5.79. The lowest BCUT2D eigenvalue weighted by molar-refractivity contribution is 0.0697. The highest BCUT2D eigenvalue weighted by atomic mass is 19.1. The highest BCUT2D eigenvalue weighted by molar-refractivity contribution is 5.93. The number of hydrogen-bond donors (Lipinski definition) is 2. The van der Waals surface area contributed by atoms with Crippen LogP contribution in [0.15, 0.2) is 24.9 Å². The summed E-state index contributed by atoms with van der Waals surface area (Å²) < 4.78 is 18.1. The van der Waals surface area contributed by atoms with Crippen LogP contribution in [0.1, 0.15) is 16.8 Å². The topological polar surface area (TPSA) is 71.5 Å². The number of aromatic nitrogens is 1. The Hall–Kier alpha value is -1.95. The van der Waals surface area contributed by atoms with Gasteiger partial charge in [-0.15, -0.1) is 6.58 Å². The van der Waals surface area contributed by atoms with E-state index in [-0.39, 0.29) is 11.4 Å². The second-order valence-electron chi connectivity index (χ2n) is 3.47. The lowest BCUT2D eigenvalue weighted by atomic mass is 10.2. The standard InChI is InChI=1S/C12H15FN2O3/c1-2-3-5-18-6-4-14-11-10(12(16)17)7-9(13)8-15-11/h2,7-8H,1,3-6H2,(H,14,15)(H,16,17). The molecule has 5 nitrogen and oxygen atoms in total. The summed E-state index contributed by atoms with van der Waals surface area (Å²) in [7, 11) is 0. The summed E-state index contributed by atoms with van der Waals surface area (Å²) >= 11 is 0. The fraction of sp³-hybridized carbons (Fsp3) is 0.333. The monoisotopic (exact) mass is 254 g/mol. The largest absolute Gasteiger partial charge is 0.478 e. The van der Waals surface area contributed by atoms with E-state index in [1.807, 2.05) is 0 Å². The molecule has 0 aliphatic carbocycles. The van der Waals surface area contributed by atoms with Gasteiger partial charge in [-0.1, -0.05) is 6.08 Å². The molecule has 0 aliphatic rings. The van der Waals surface area contributed by atoms with Gasteiger partial charge in [0.15, 0.2) is 0 Å². The molecule has 1 heterocycles. The normalized spacial score (nSPS) is 10.1. The van der Waals surface area contributed by atoms with Gasteiger partial charge in [0.2, 0.25) is 0 Å². The molecular weight excluding hydrogens is 239 g/mol. The third kappa shape index (κ3) is 4.50. The number of carboxylic acid groups (broad SMARTS) is 1. The molecule has 6 heteroatoms. The van der Waals surface area contributed by atoms with Crippen molar-refractivity contribution in [1.82, 2.24) is 4.98 Å². The fourth-order valence-electron chi connectivity index (χ4n) is 1.25. The number of hydrogen-bond acceptors (Lipinski definition) is 4. The van der Waals surface area contributed by atoms with E-state index in [0.717, 1.165) is 18.7 Å². The quantitative estimate of drug-likeness (QED) is 0.548. The minimum absolute atomic E-state index is 0.135. The average molecular weight is 254 g/mol. The Bertz CT molecular complexity index is 424. The van der Waals surface area contributed by atoms with Crippen molar-refractivity contribution in [1.29, 1.82) is 0 Å². The summed E-state index contributed by atoms with van der Waals surface area (Å²) in [6.07, 6.45) is 3.47. The smallest absolute Gasteiger partial charge is 0.339 e. The molecule has 0 radical (unpaired) electrons. The number of ether oxygens (including phenoxy) is 1. The summed E-state index contributed by atoms with van der Waals surface area (Å²) in [5.41, 5.74) is -0.193. The Morgan fingerprint density at radius 1 is 1.61 bits per heavy atom. The first-order chi connectivity index (χ1) is 8.65. The van der Waals surface area contributed by atoms with Crippen molar-refractivity contribution < 1.29 is 19.0 Å². The number of aromatic carboxylic acids is 1. The van der Waals surface area contributed by atoms with Gasteiger partial charge in [0.25, 0.3) is 0 Å². The third-order valence-corrected chi connectivity index (χ3v) is 2.09. The Morgan fingerprint density at radius 3 is 3.06 bits per heavy atom. The maximum Gasteiger partial charge on any atom is 0.339 e. The molecule has 0 saturated heterocycles. The summed E-state index contributed by atoms with van der Waals surface area (Å²) in [4.78, 5) is 14.6. The average Bonchev–Trinajstić information content (AvgIpc) is 2.35. The molecule has 0 aliphatic heterocycles. The van der Waals surface area contributed by atoms with Crippen molar-refractivity contribution in [3.8, 4) is 0 Å². The molecular formula is C12H15FN2O3. The van der Waals surface area contributed by atoms with Crippen LogP contribution >= 0.6 is 0 Å². The molecule has 0 saturated carbocycles. The Labute approximate surface area is 104 Å². The highest BCUT2D eigenvalue weighted by Crippen LogP contribution is 2.13. The van der Waals surface area contributed by atoms with Crippen molar-refractivity contribution in [2.24, 2.45) is 0 Å². The van der Waals surface area contributed by atoms with Crippen LogP contribution in [0.5, 0.6) is 0 Å². The first-order valence-corrected chi connectivity index (χ1v) is 5.46. The molecule has 0 bridgehead atoms. The summed E-state index contributed by atoms with van der Waals surface area (Å²) in [6.45, 7) is 4.93. The van der Waals surface area contributed by atoms with E-state index in [1.165, 1.54) is 0 Å². The van der Waals surface area contributed by atoms with Gasteiger partial charge in [0.1, 0.15) is 17.2 Å². The van der Waals surface area contributed by atoms with Crippen molar-refractivity contribution in [2.45, 2.75) is 6.42 Å². The minimum Gasteiger partial charge on any atom is -0.478 e. The molecule has 0 atom stereocenters. The van der Waals surface area contributed by atoms with Crippen LogP contribution in [0.2, 0.25) is 0 Å². The van der Waals surface area contributed by atoms with Gasteiger partial charge in [-0.2, -0.15) is 0 Å². The number of nitrogens with one attached hydrogen (secondary N) is 1. The number of anilines is 1. The second kappa shape index (κ2) is 7.39. The van der Waals surface area contributed by atoms with E-state index >= 15 is 0 Å². The molecule has 1 aromatic heterocycles. The molecule has 18 heavy (non-hydrogen) atoms. The van der Waals surface area contributed by atoms with E-state index in [4.69, 9.17) is 9.84 Å². The van der Waals surface area contributed by atoms with Crippen LogP contribution in [0.3, 0.4) is 0 Å². The lowest BCUT2D eigenvalue weighted by Gasteiger charge is -2.08. The fourth-order valence-corrected chi connectivity index (χ4v) is 1.25. The van der Waals surface area contributed by atoms with Crippen LogP contribution in [0.25, 0.3) is 0 Å². The lowest BCUT2D eigenvalue weighted by Crippen LogP contribution is -2.14. The Morgan fingerprint density at radius 2 is 2.39 bits per heavy atom.